The molecule has 2 aromatic carbocycles. The van der Waals surface area contributed by atoms with Gasteiger partial charge in [-0.25, -0.2) is 0 Å². The van der Waals surface area contributed by atoms with Crippen LogP contribution < -0.4 is 4.90 Å². The van der Waals surface area contributed by atoms with E-state index in [1.807, 2.05) is 49.4 Å². The third-order valence-electron chi connectivity index (χ3n) is 3.28. The molecule has 1 N–H and O–H groups in total. The van der Waals surface area contributed by atoms with Gasteiger partial charge < -0.3 is 10.0 Å². The van der Waals surface area contributed by atoms with E-state index in [0.717, 1.165) is 16.5 Å². The lowest BCUT2D eigenvalue weighted by atomic mass is 10.1. The number of nitrogens with zero attached hydrogens (tertiary/aromatic N) is 1. The lowest BCUT2D eigenvalue weighted by Gasteiger charge is -2.22. The van der Waals surface area contributed by atoms with Crippen molar-refractivity contribution in [1.82, 2.24) is 0 Å². The summed E-state index contributed by atoms with van der Waals surface area (Å²) in [4.78, 5) is 14.0. The lowest BCUT2D eigenvalue weighted by molar-refractivity contribution is -0.116. The van der Waals surface area contributed by atoms with Crippen LogP contribution in [-0.2, 0) is 15.6 Å². The van der Waals surface area contributed by atoms with Crippen molar-refractivity contribution in [3.63, 3.8) is 0 Å². The van der Waals surface area contributed by atoms with Gasteiger partial charge >= 0.3 is 0 Å². The number of hydrogen-bond acceptors (Lipinski definition) is 3. The minimum atomic E-state index is -1.32. The Labute approximate surface area is 126 Å². The molecule has 1 atom stereocenters. The molecule has 0 aliphatic rings. The second-order valence-electron chi connectivity index (χ2n) is 4.65. The monoisotopic (exact) mass is 305 g/mol. The van der Waals surface area contributed by atoms with Crippen LogP contribution in [0.5, 0.6) is 0 Å². The first kappa shape index (κ1) is 15.7. The summed E-state index contributed by atoms with van der Waals surface area (Å²) < 4.78 is 11.7. The minimum Gasteiger partial charge on any atom is -0.395 e. The van der Waals surface area contributed by atoms with Crippen LogP contribution >= 0.6 is 0 Å². The van der Waals surface area contributed by atoms with Crippen LogP contribution in [0.1, 0.15) is 6.92 Å². The normalized spacial score (nSPS) is 12.3. The van der Waals surface area contributed by atoms with E-state index in [0.29, 0.717) is 6.54 Å². The molecule has 0 aliphatic heterocycles. The molecule has 1 amide bonds. The number of anilines is 1. The number of carbonyl (C=O) groups is 1. The van der Waals surface area contributed by atoms with E-state index in [9.17, 15) is 9.00 Å². The first-order chi connectivity index (χ1) is 10.2. The molecule has 4 nitrogen and oxygen atoms in total. The van der Waals surface area contributed by atoms with Gasteiger partial charge in [-0.3, -0.25) is 9.00 Å². The molecule has 21 heavy (non-hydrogen) atoms. The minimum absolute atomic E-state index is 0.0579. The van der Waals surface area contributed by atoms with Crippen molar-refractivity contribution in [2.24, 2.45) is 0 Å². The van der Waals surface area contributed by atoms with Gasteiger partial charge in [0, 0.05) is 28.5 Å². The summed E-state index contributed by atoms with van der Waals surface area (Å²) in [5.41, 5.74) is 0.835. The summed E-state index contributed by atoms with van der Waals surface area (Å²) >= 11 is 0. The Morgan fingerprint density at radius 1 is 1.19 bits per heavy atom. The second kappa shape index (κ2) is 7.33. The smallest absolute Gasteiger partial charge is 0.239 e. The highest BCUT2D eigenvalue weighted by Crippen LogP contribution is 2.26. The number of hydrogen-bond donors (Lipinski definition) is 1. The molecule has 0 saturated carbocycles. The molecule has 0 aliphatic carbocycles. The molecule has 1 unspecified atom stereocenters. The van der Waals surface area contributed by atoms with E-state index >= 15 is 0 Å². The maximum Gasteiger partial charge on any atom is 0.239 e. The SMILES string of the molecule is CCN(C(=O)CS(=O)CCO)c1cccc2ccccc12. The molecule has 0 spiro atoms. The van der Waals surface area contributed by atoms with E-state index in [-0.39, 0.29) is 24.0 Å². The van der Waals surface area contributed by atoms with E-state index in [1.54, 1.807) is 4.90 Å². The van der Waals surface area contributed by atoms with Crippen molar-refractivity contribution in [1.29, 1.82) is 0 Å². The Morgan fingerprint density at radius 3 is 2.62 bits per heavy atom. The molecular weight excluding hydrogens is 286 g/mol. The lowest BCUT2D eigenvalue weighted by Crippen LogP contribution is -2.35. The average molecular weight is 305 g/mol. The van der Waals surface area contributed by atoms with Gasteiger partial charge in [0.05, 0.1) is 12.3 Å². The molecule has 5 heteroatoms. The van der Waals surface area contributed by atoms with E-state index in [4.69, 9.17) is 5.11 Å². The zero-order valence-electron chi connectivity index (χ0n) is 12.0. The third-order valence-corrected chi connectivity index (χ3v) is 4.48. The second-order valence-corrected chi connectivity index (χ2v) is 6.22. The highest BCUT2D eigenvalue weighted by atomic mass is 32.2. The maximum absolute atomic E-state index is 12.4. The predicted molar refractivity (Wildman–Crippen MR) is 86.9 cm³/mol. The maximum atomic E-state index is 12.4. The molecule has 112 valence electrons. The van der Waals surface area contributed by atoms with Gasteiger partial charge in [-0.05, 0) is 18.4 Å². The molecule has 2 rings (SSSR count). The summed E-state index contributed by atoms with van der Waals surface area (Å²) in [7, 11) is -1.32. The van der Waals surface area contributed by atoms with Crippen molar-refractivity contribution in [2.75, 3.05) is 29.6 Å². The molecule has 0 fully saturated rings. The number of amides is 1. The highest BCUT2D eigenvalue weighted by Gasteiger charge is 2.18. The van der Waals surface area contributed by atoms with Gasteiger partial charge in [-0.1, -0.05) is 36.4 Å². The average Bonchev–Trinajstić information content (AvgIpc) is 2.48. The molecule has 0 heterocycles. The number of rotatable bonds is 6. The van der Waals surface area contributed by atoms with Crippen LogP contribution in [0.2, 0.25) is 0 Å². The first-order valence-electron chi connectivity index (χ1n) is 6.91. The quantitative estimate of drug-likeness (QED) is 0.887. The number of fused-ring (bicyclic) bond motifs is 1. The summed E-state index contributed by atoms with van der Waals surface area (Å²) in [6, 6.07) is 13.7. The standard InChI is InChI=1S/C16H19NO3S/c1-2-17(16(19)12-21(20)11-10-18)15-9-5-7-13-6-3-4-8-14(13)15/h3-9,18H,2,10-12H2,1H3. The fraction of sp³-hybridized carbons (Fsp3) is 0.312. The van der Waals surface area contributed by atoms with Crippen LogP contribution in [0.25, 0.3) is 10.8 Å². The highest BCUT2D eigenvalue weighted by molar-refractivity contribution is 7.85. The van der Waals surface area contributed by atoms with Crippen molar-refractivity contribution < 1.29 is 14.1 Å². The van der Waals surface area contributed by atoms with Crippen LogP contribution in [0.15, 0.2) is 42.5 Å². The molecule has 0 radical (unpaired) electrons. The van der Waals surface area contributed by atoms with E-state index in [2.05, 4.69) is 0 Å². The summed E-state index contributed by atoms with van der Waals surface area (Å²) in [6.45, 7) is 2.25. The predicted octanol–water partition coefficient (Wildman–Crippen LogP) is 1.93. The van der Waals surface area contributed by atoms with Crippen molar-refractivity contribution >= 4 is 33.2 Å². The number of aliphatic hydroxyl groups excluding tert-OH is 1. The number of carbonyl (C=O) groups excluding carboxylic acids is 1. The number of aliphatic hydroxyl groups is 1. The van der Waals surface area contributed by atoms with Gasteiger partial charge in [-0.2, -0.15) is 0 Å². The summed E-state index contributed by atoms with van der Waals surface area (Å²) in [6.07, 6.45) is 0. The Bertz CT molecular complexity index is 652. The van der Waals surface area contributed by atoms with Crippen LogP contribution in [-0.4, -0.2) is 39.9 Å². The third kappa shape index (κ3) is 3.68. The van der Waals surface area contributed by atoms with Gasteiger partial charge in [-0.15, -0.1) is 0 Å². The molecule has 0 bridgehead atoms. The van der Waals surface area contributed by atoms with Crippen molar-refractivity contribution in [3.8, 4) is 0 Å². The summed E-state index contributed by atoms with van der Waals surface area (Å²) in [5, 5.41) is 10.9. The molecule has 0 aromatic heterocycles. The Balaban J connectivity index is 2.31. The van der Waals surface area contributed by atoms with Gasteiger partial charge in [0.25, 0.3) is 0 Å². The molecule has 2 aromatic rings. The van der Waals surface area contributed by atoms with Gasteiger partial charge in [0.15, 0.2) is 0 Å². The van der Waals surface area contributed by atoms with Crippen LogP contribution in [0.3, 0.4) is 0 Å². The number of benzene rings is 2. The fourth-order valence-corrected chi connectivity index (χ4v) is 3.09. The Hall–Kier alpha value is -1.72. The molecular formula is C16H19NO3S. The van der Waals surface area contributed by atoms with E-state index < -0.39 is 10.8 Å². The zero-order valence-corrected chi connectivity index (χ0v) is 12.8. The first-order valence-corrected chi connectivity index (χ1v) is 8.40. The van der Waals surface area contributed by atoms with Gasteiger partial charge in [0.2, 0.25) is 5.91 Å². The van der Waals surface area contributed by atoms with Crippen molar-refractivity contribution in [3.05, 3.63) is 42.5 Å². The van der Waals surface area contributed by atoms with E-state index in [1.165, 1.54) is 0 Å². The largest absolute Gasteiger partial charge is 0.395 e. The zero-order chi connectivity index (χ0) is 15.2. The van der Waals surface area contributed by atoms with Crippen molar-refractivity contribution in [2.45, 2.75) is 6.92 Å². The van der Waals surface area contributed by atoms with Crippen LogP contribution in [0.4, 0.5) is 5.69 Å². The van der Waals surface area contributed by atoms with Crippen LogP contribution in [0, 0.1) is 0 Å². The Morgan fingerprint density at radius 2 is 1.90 bits per heavy atom. The molecule has 0 saturated heterocycles. The topological polar surface area (TPSA) is 57.6 Å². The van der Waals surface area contributed by atoms with Gasteiger partial charge in [0.1, 0.15) is 5.75 Å². The fourth-order valence-electron chi connectivity index (χ4n) is 2.31. The summed E-state index contributed by atoms with van der Waals surface area (Å²) in [5.74, 6) is -0.100. The Kier molecular flexibility index (Phi) is 5.47.